The minimum Gasteiger partial charge on any atom is -0.352 e. The molecule has 0 saturated carbocycles. The SMILES string of the molecule is CC(C)(C)c1ccc(NC(=O)C2=CCN(c3ccccn3)CC2C(F)(F)F)cc1. The average Bonchev–Trinajstić information content (AvgIpc) is 2.67. The Morgan fingerprint density at radius 2 is 1.79 bits per heavy atom. The van der Waals surface area contributed by atoms with E-state index in [-0.39, 0.29) is 24.1 Å². The molecule has 1 N–H and O–H groups in total. The van der Waals surface area contributed by atoms with Crippen molar-refractivity contribution < 1.29 is 18.0 Å². The van der Waals surface area contributed by atoms with Gasteiger partial charge in [-0.05, 0) is 35.2 Å². The fraction of sp³-hybridized carbons (Fsp3) is 0.364. The van der Waals surface area contributed by atoms with Gasteiger partial charge >= 0.3 is 6.18 Å². The zero-order valence-corrected chi connectivity index (χ0v) is 16.6. The summed E-state index contributed by atoms with van der Waals surface area (Å²) in [4.78, 5) is 18.3. The molecule has 0 bridgehead atoms. The number of hydrogen-bond acceptors (Lipinski definition) is 3. The third-order valence-electron chi connectivity index (χ3n) is 4.95. The molecule has 0 spiro atoms. The predicted molar refractivity (Wildman–Crippen MR) is 108 cm³/mol. The van der Waals surface area contributed by atoms with Crippen LogP contribution in [0.3, 0.4) is 0 Å². The molecule has 1 aliphatic rings. The van der Waals surface area contributed by atoms with E-state index in [0.29, 0.717) is 11.5 Å². The van der Waals surface area contributed by atoms with Crippen molar-refractivity contribution in [2.24, 2.45) is 5.92 Å². The molecule has 7 heteroatoms. The molecular formula is C22H24F3N3O. The van der Waals surface area contributed by atoms with E-state index in [2.05, 4.69) is 31.1 Å². The Morgan fingerprint density at radius 3 is 2.34 bits per heavy atom. The van der Waals surface area contributed by atoms with Crippen LogP contribution in [0.25, 0.3) is 0 Å². The summed E-state index contributed by atoms with van der Waals surface area (Å²) in [5.74, 6) is -2.15. The molecule has 1 aromatic carbocycles. The second-order valence-electron chi connectivity index (χ2n) is 8.13. The van der Waals surface area contributed by atoms with Crippen LogP contribution in [0.2, 0.25) is 0 Å². The highest BCUT2D eigenvalue weighted by molar-refractivity contribution is 6.04. The molecule has 1 amide bonds. The largest absolute Gasteiger partial charge is 0.397 e. The molecule has 4 nitrogen and oxygen atoms in total. The Labute approximate surface area is 168 Å². The topological polar surface area (TPSA) is 45.2 Å². The van der Waals surface area contributed by atoms with E-state index in [1.807, 2.05) is 12.1 Å². The summed E-state index contributed by atoms with van der Waals surface area (Å²) in [6.07, 6.45) is -1.66. The van der Waals surface area contributed by atoms with Crippen LogP contribution in [0, 0.1) is 5.92 Å². The van der Waals surface area contributed by atoms with E-state index in [1.54, 1.807) is 30.3 Å². The van der Waals surface area contributed by atoms with E-state index >= 15 is 0 Å². The molecule has 0 aliphatic carbocycles. The van der Waals surface area contributed by atoms with Crippen molar-refractivity contribution in [2.75, 3.05) is 23.3 Å². The van der Waals surface area contributed by atoms with Gasteiger partial charge in [-0.15, -0.1) is 0 Å². The zero-order chi connectivity index (χ0) is 21.2. The van der Waals surface area contributed by atoms with E-state index in [4.69, 9.17) is 0 Å². The number of carbonyl (C=O) groups excluding carboxylic acids is 1. The van der Waals surface area contributed by atoms with Crippen molar-refractivity contribution in [3.63, 3.8) is 0 Å². The van der Waals surface area contributed by atoms with Crippen LogP contribution in [0.5, 0.6) is 0 Å². The van der Waals surface area contributed by atoms with Crippen LogP contribution in [-0.4, -0.2) is 30.2 Å². The molecule has 1 unspecified atom stereocenters. The maximum atomic E-state index is 13.7. The molecule has 1 aromatic heterocycles. The molecule has 0 radical (unpaired) electrons. The molecular weight excluding hydrogens is 379 g/mol. The highest BCUT2D eigenvalue weighted by atomic mass is 19.4. The van der Waals surface area contributed by atoms with Gasteiger partial charge in [-0.1, -0.05) is 45.0 Å². The van der Waals surface area contributed by atoms with Crippen LogP contribution in [-0.2, 0) is 10.2 Å². The van der Waals surface area contributed by atoms with E-state index in [1.165, 1.54) is 17.2 Å². The lowest BCUT2D eigenvalue weighted by molar-refractivity contribution is -0.164. The zero-order valence-electron chi connectivity index (χ0n) is 16.6. The highest BCUT2D eigenvalue weighted by Gasteiger charge is 2.46. The van der Waals surface area contributed by atoms with Gasteiger partial charge in [0.15, 0.2) is 0 Å². The molecule has 0 saturated heterocycles. The lowest BCUT2D eigenvalue weighted by Crippen LogP contribution is -2.44. The standard InChI is InChI=1S/C22H24F3N3O/c1-21(2,3)15-7-9-16(10-8-15)27-20(29)17-11-13-28(14-18(17)22(23,24)25)19-6-4-5-12-26-19/h4-12,18H,13-14H2,1-3H3,(H,27,29). The Balaban J connectivity index is 1.80. The Bertz CT molecular complexity index is 884. The first-order valence-electron chi connectivity index (χ1n) is 9.40. The number of aromatic nitrogens is 1. The van der Waals surface area contributed by atoms with E-state index in [0.717, 1.165) is 5.56 Å². The number of benzene rings is 1. The molecule has 1 atom stereocenters. The minimum atomic E-state index is -4.54. The van der Waals surface area contributed by atoms with Crippen molar-refractivity contribution >= 4 is 17.4 Å². The molecule has 0 fully saturated rings. The van der Waals surface area contributed by atoms with Gasteiger partial charge in [0.1, 0.15) is 11.7 Å². The minimum absolute atomic E-state index is 0.0508. The second-order valence-corrected chi connectivity index (χ2v) is 8.13. The quantitative estimate of drug-likeness (QED) is 0.789. The molecule has 154 valence electrons. The number of anilines is 2. The van der Waals surface area contributed by atoms with Gasteiger partial charge in [-0.25, -0.2) is 4.98 Å². The number of nitrogens with one attached hydrogen (secondary N) is 1. The highest BCUT2D eigenvalue weighted by Crippen LogP contribution is 2.36. The second kappa shape index (κ2) is 7.89. The lowest BCUT2D eigenvalue weighted by Gasteiger charge is -2.34. The number of amides is 1. The normalized spacial score (nSPS) is 17.7. The number of halogens is 3. The van der Waals surface area contributed by atoms with Crippen molar-refractivity contribution in [2.45, 2.75) is 32.4 Å². The van der Waals surface area contributed by atoms with Crippen LogP contribution in [0.1, 0.15) is 26.3 Å². The third kappa shape index (κ3) is 4.96. The third-order valence-corrected chi connectivity index (χ3v) is 4.95. The van der Waals surface area contributed by atoms with Crippen molar-refractivity contribution in [3.8, 4) is 0 Å². The van der Waals surface area contributed by atoms with E-state index < -0.39 is 18.0 Å². The fourth-order valence-corrected chi connectivity index (χ4v) is 3.26. The summed E-state index contributed by atoms with van der Waals surface area (Å²) >= 11 is 0. The number of carbonyl (C=O) groups is 1. The first kappa shape index (κ1) is 20.9. The maximum Gasteiger partial charge on any atom is 0.397 e. The van der Waals surface area contributed by atoms with Gasteiger partial charge in [0, 0.05) is 30.5 Å². The number of hydrogen-bond donors (Lipinski definition) is 1. The van der Waals surface area contributed by atoms with Gasteiger partial charge in [0.25, 0.3) is 5.91 Å². The van der Waals surface area contributed by atoms with Gasteiger partial charge in [0.2, 0.25) is 0 Å². The first-order chi connectivity index (χ1) is 13.6. The summed E-state index contributed by atoms with van der Waals surface area (Å²) in [5.41, 5.74) is 1.23. The molecule has 2 heterocycles. The van der Waals surface area contributed by atoms with E-state index in [9.17, 15) is 18.0 Å². The number of nitrogens with zero attached hydrogens (tertiary/aromatic N) is 2. The van der Waals surface area contributed by atoms with Crippen LogP contribution in [0.4, 0.5) is 24.7 Å². The van der Waals surface area contributed by atoms with Crippen molar-refractivity contribution in [3.05, 3.63) is 65.9 Å². The summed E-state index contributed by atoms with van der Waals surface area (Å²) in [5, 5.41) is 2.61. The fourth-order valence-electron chi connectivity index (χ4n) is 3.26. The molecule has 29 heavy (non-hydrogen) atoms. The molecule has 1 aliphatic heterocycles. The Morgan fingerprint density at radius 1 is 1.10 bits per heavy atom. The number of alkyl halides is 3. The maximum absolute atomic E-state index is 13.7. The van der Waals surface area contributed by atoms with Gasteiger partial charge < -0.3 is 10.2 Å². The Kier molecular flexibility index (Phi) is 5.68. The summed E-state index contributed by atoms with van der Waals surface area (Å²) in [6, 6.07) is 12.2. The van der Waals surface area contributed by atoms with Gasteiger partial charge in [-0.3, -0.25) is 4.79 Å². The Hall–Kier alpha value is -2.83. The summed E-state index contributed by atoms with van der Waals surface area (Å²) < 4.78 is 41.1. The van der Waals surface area contributed by atoms with Crippen LogP contribution in [0.15, 0.2) is 60.3 Å². The first-order valence-corrected chi connectivity index (χ1v) is 9.40. The molecule has 3 rings (SSSR count). The van der Waals surface area contributed by atoms with Crippen LogP contribution < -0.4 is 10.2 Å². The summed E-state index contributed by atoms with van der Waals surface area (Å²) in [7, 11) is 0. The smallest absolute Gasteiger partial charge is 0.352 e. The summed E-state index contributed by atoms with van der Waals surface area (Å²) in [6.45, 7) is 6.04. The number of pyridine rings is 1. The monoisotopic (exact) mass is 403 g/mol. The van der Waals surface area contributed by atoms with Crippen LogP contribution >= 0.6 is 0 Å². The molecule has 2 aromatic rings. The predicted octanol–water partition coefficient (Wildman–Crippen LogP) is 4.94. The van der Waals surface area contributed by atoms with Crippen molar-refractivity contribution in [1.82, 2.24) is 4.98 Å². The van der Waals surface area contributed by atoms with Gasteiger partial charge in [0.05, 0.1) is 0 Å². The lowest BCUT2D eigenvalue weighted by atomic mass is 9.87. The number of rotatable bonds is 3. The van der Waals surface area contributed by atoms with Gasteiger partial charge in [-0.2, -0.15) is 13.2 Å². The average molecular weight is 403 g/mol. The van der Waals surface area contributed by atoms with Crippen molar-refractivity contribution in [1.29, 1.82) is 0 Å².